The van der Waals surface area contributed by atoms with Gasteiger partial charge >= 0.3 is 0 Å². The molecule has 1 amide bonds. The van der Waals surface area contributed by atoms with Gasteiger partial charge in [0.05, 0.1) is 5.69 Å². The number of nitrogens with zero attached hydrogens (tertiary/aromatic N) is 3. The Bertz CT molecular complexity index is 524. The molecule has 0 aliphatic heterocycles. The second kappa shape index (κ2) is 5.42. The summed E-state index contributed by atoms with van der Waals surface area (Å²) in [6.45, 7) is 1.96. The van der Waals surface area contributed by atoms with E-state index in [0.29, 0.717) is 0 Å². The summed E-state index contributed by atoms with van der Waals surface area (Å²) in [5, 5.41) is 16.7. The number of rotatable bonds is 4. The van der Waals surface area contributed by atoms with Gasteiger partial charge < -0.3 is 0 Å². The first-order chi connectivity index (χ1) is 8.76. The van der Waals surface area contributed by atoms with E-state index in [2.05, 4.69) is 10.3 Å². The number of amides is 1. The summed E-state index contributed by atoms with van der Waals surface area (Å²) in [4.78, 5) is 11.8. The van der Waals surface area contributed by atoms with Crippen molar-refractivity contribution in [1.29, 1.82) is 0 Å². The van der Waals surface area contributed by atoms with E-state index in [1.165, 1.54) is 4.68 Å². The highest BCUT2D eigenvalue weighted by Gasteiger charge is 2.23. The van der Waals surface area contributed by atoms with E-state index in [0.717, 1.165) is 17.7 Å². The topological polar surface area (TPSA) is 80.0 Å². The average molecular weight is 246 g/mol. The normalized spacial score (nSPS) is 12.1. The molecule has 6 heteroatoms. The number of benzene rings is 1. The third kappa shape index (κ3) is 2.38. The minimum Gasteiger partial charge on any atom is -0.289 e. The fourth-order valence-corrected chi connectivity index (χ4v) is 1.72. The number of hydrogen-bond donors (Lipinski definition) is 2. The van der Waals surface area contributed by atoms with Crippen LogP contribution < -0.4 is 5.48 Å². The van der Waals surface area contributed by atoms with E-state index in [4.69, 9.17) is 5.21 Å². The van der Waals surface area contributed by atoms with Gasteiger partial charge in [-0.25, -0.2) is 10.2 Å². The minimum absolute atomic E-state index is 0.547. The van der Waals surface area contributed by atoms with Gasteiger partial charge in [-0.15, -0.1) is 5.10 Å². The molecule has 1 aromatic heterocycles. The summed E-state index contributed by atoms with van der Waals surface area (Å²) in [6.07, 6.45) is 2.44. The summed E-state index contributed by atoms with van der Waals surface area (Å²) in [6, 6.07) is 8.38. The molecule has 0 bridgehead atoms. The van der Waals surface area contributed by atoms with Gasteiger partial charge in [-0.2, -0.15) is 0 Å². The molecule has 0 spiro atoms. The smallest absolute Gasteiger partial charge is 0.272 e. The molecule has 18 heavy (non-hydrogen) atoms. The molecule has 2 aromatic rings. The summed E-state index contributed by atoms with van der Waals surface area (Å²) >= 11 is 0. The summed E-state index contributed by atoms with van der Waals surface area (Å²) in [5.74, 6) is -0.547. The van der Waals surface area contributed by atoms with Crippen LogP contribution in [0.4, 0.5) is 0 Å². The second-order valence-electron chi connectivity index (χ2n) is 3.83. The third-order valence-electron chi connectivity index (χ3n) is 2.66. The summed E-state index contributed by atoms with van der Waals surface area (Å²) < 4.78 is 1.44. The molecule has 1 unspecified atom stereocenters. The van der Waals surface area contributed by atoms with Gasteiger partial charge in [0.1, 0.15) is 0 Å². The highest BCUT2D eigenvalue weighted by molar-refractivity contribution is 5.82. The molecular formula is C12H14N4O2. The van der Waals surface area contributed by atoms with Crippen LogP contribution in [0.5, 0.6) is 0 Å². The quantitative estimate of drug-likeness (QED) is 0.621. The first-order valence-corrected chi connectivity index (χ1v) is 5.66. The van der Waals surface area contributed by atoms with Crippen molar-refractivity contribution in [2.45, 2.75) is 19.4 Å². The maximum absolute atomic E-state index is 11.8. The van der Waals surface area contributed by atoms with Gasteiger partial charge in [0.25, 0.3) is 5.91 Å². The molecule has 2 N–H and O–H groups in total. The monoisotopic (exact) mass is 246 g/mol. The largest absolute Gasteiger partial charge is 0.289 e. The van der Waals surface area contributed by atoms with Gasteiger partial charge in [-0.05, 0) is 12.0 Å². The maximum Gasteiger partial charge on any atom is 0.272 e. The molecule has 0 fully saturated rings. The predicted molar refractivity (Wildman–Crippen MR) is 63.9 cm³/mol. The number of hydroxylamine groups is 1. The first kappa shape index (κ1) is 12.3. The molecule has 0 aliphatic rings. The molecule has 1 aromatic carbocycles. The fraction of sp³-hybridized carbons (Fsp3) is 0.250. The molecule has 6 nitrogen and oxygen atoms in total. The van der Waals surface area contributed by atoms with Crippen LogP contribution in [0.15, 0.2) is 36.5 Å². The number of aromatic nitrogens is 3. The molecule has 1 heterocycles. The molecule has 0 aliphatic carbocycles. The van der Waals surface area contributed by atoms with Crippen LogP contribution in [0.25, 0.3) is 0 Å². The van der Waals surface area contributed by atoms with Crippen molar-refractivity contribution in [3.8, 4) is 0 Å². The Kier molecular flexibility index (Phi) is 3.69. The Morgan fingerprint density at radius 2 is 2.17 bits per heavy atom. The van der Waals surface area contributed by atoms with Crippen LogP contribution in [-0.4, -0.2) is 26.1 Å². The molecular weight excluding hydrogens is 232 g/mol. The van der Waals surface area contributed by atoms with Gasteiger partial charge in [-0.1, -0.05) is 42.5 Å². The maximum atomic E-state index is 11.8. The van der Waals surface area contributed by atoms with Crippen molar-refractivity contribution in [2.75, 3.05) is 0 Å². The van der Waals surface area contributed by atoms with E-state index >= 15 is 0 Å². The van der Waals surface area contributed by atoms with E-state index in [1.807, 2.05) is 25.1 Å². The van der Waals surface area contributed by atoms with Crippen molar-refractivity contribution < 1.29 is 10.0 Å². The van der Waals surface area contributed by atoms with Crippen molar-refractivity contribution >= 4 is 5.91 Å². The molecule has 0 saturated heterocycles. The average Bonchev–Trinajstić information content (AvgIpc) is 2.88. The highest BCUT2D eigenvalue weighted by Crippen LogP contribution is 2.17. The number of carbonyl (C=O) groups excluding carboxylic acids is 1. The van der Waals surface area contributed by atoms with Gasteiger partial charge in [-0.3, -0.25) is 10.0 Å². The van der Waals surface area contributed by atoms with Crippen molar-refractivity contribution in [2.24, 2.45) is 0 Å². The summed E-state index contributed by atoms with van der Waals surface area (Å²) in [5.41, 5.74) is 3.19. The molecule has 0 saturated carbocycles. The molecule has 2 rings (SSSR count). The van der Waals surface area contributed by atoms with E-state index in [9.17, 15) is 4.79 Å². The lowest BCUT2D eigenvalue weighted by atomic mass is 10.1. The Balaban J connectivity index is 2.40. The standard InChI is InChI=1S/C12H14N4O2/c1-2-10-8-16(15-13-10)11(12(17)14-18)9-6-4-3-5-7-9/h3-8,11,18H,2H2,1H3,(H,14,17). The van der Waals surface area contributed by atoms with Crippen LogP contribution in [0.2, 0.25) is 0 Å². The zero-order valence-corrected chi connectivity index (χ0v) is 9.95. The number of aryl methyl sites for hydroxylation is 1. The van der Waals surface area contributed by atoms with Crippen LogP contribution in [0.1, 0.15) is 24.2 Å². The third-order valence-corrected chi connectivity index (χ3v) is 2.66. The van der Waals surface area contributed by atoms with Crippen molar-refractivity contribution in [3.05, 3.63) is 47.8 Å². The lowest BCUT2D eigenvalue weighted by Crippen LogP contribution is -2.31. The van der Waals surface area contributed by atoms with Gasteiger partial charge in [0.15, 0.2) is 6.04 Å². The second-order valence-corrected chi connectivity index (χ2v) is 3.83. The van der Waals surface area contributed by atoms with E-state index in [-0.39, 0.29) is 0 Å². The Morgan fingerprint density at radius 1 is 1.44 bits per heavy atom. The SMILES string of the molecule is CCc1cn(C(C(=O)NO)c2ccccc2)nn1. The number of carbonyl (C=O) groups is 1. The first-order valence-electron chi connectivity index (χ1n) is 5.66. The van der Waals surface area contributed by atoms with Gasteiger partial charge in [0, 0.05) is 6.20 Å². The molecule has 94 valence electrons. The minimum atomic E-state index is -0.719. The van der Waals surface area contributed by atoms with Crippen LogP contribution >= 0.6 is 0 Å². The lowest BCUT2D eigenvalue weighted by molar-refractivity contribution is -0.131. The number of nitrogens with one attached hydrogen (secondary N) is 1. The zero-order chi connectivity index (χ0) is 13.0. The Hall–Kier alpha value is -2.21. The molecule has 1 atom stereocenters. The predicted octanol–water partition coefficient (Wildman–Crippen LogP) is 0.935. The van der Waals surface area contributed by atoms with Crippen LogP contribution in [0.3, 0.4) is 0 Å². The molecule has 0 radical (unpaired) electrons. The highest BCUT2D eigenvalue weighted by atomic mass is 16.5. The van der Waals surface area contributed by atoms with Crippen LogP contribution in [0, 0.1) is 0 Å². The fourth-order valence-electron chi connectivity index (χ4n) is 1.72. The lowest BCUT2D eigenvalue weighted by Gasteiger charge is -2.14. The van der Waals surface area contributed by atoms with Gasteiger partial charge in [0.2, 0.25) is 0 Å². The van der Waals surface area contributed by atoms with E-state index in [1.54, 1.807) is 23.8 Å². The summed E-state index contributed by atoms with van der Waals surface area (Å²) in [7, 11) is 0. The Labute approximate surface area is 104 Å². The van der Waals surface area contributed by atoms with Crippen molar-refractivity contribution in [3.63, 3.8) is 0 Å². The van der Waals surface area contributed by atoms with Crippen molar-refractivity contribution in [1.82, 2.24) is 20.5 Å². The van der Waals surface area contributed by atoms with E-state index < -0.39 is 11.9 Å². The Morgan fingerprint density at radius 3 is 2.72 bits per heavy atom. The number of hydrogen-bond acceptors (Lipinski definition) is 4. The van der Waals surface area contributed by atoms with Crippen LogP contribution in [-0.2, 0) is 11.2 Å². The zero-order valence-electron chi connectivity index (χ0n) is 9.95.